The molecule has 2 aliphatic rings. The molecule has 4 heterocycles. The molecular weight excluding hydrogens is 737 g/mol. The van der Waals surface area contributed by atoms with Gasteiger partial charge in [-0.15, -0.1) is 22.7 Å². The molecule has 10 nitrogen and oxygen atoms in total. The molecule has 2 N–H and O–H groups in total. The maximum Gasteiger partial charge on any atom is 0.358 e. The summed E-state index contributed by atoms with van der Waals surface area (Å²) in [6, 6.07) is 0. The molecule has 2 aliphatic heterocycles. The average Bonchev–Trinajstić information content (AvgIpc) is 3.47. The second-order valence-electron chi connectivity index (χ2n) is 14.5. The number of carbonyl (C=O) groups excluding carboxylic acids is 2. The number of cyclic esters (lactones) is 2. The molecular formula is C43H54N2O8S2. The van der Waals surface area contributed by atoms with Crippen LogP contribution in [0.4, 0.5) is 0 Å². The largest absolute Gasteiger partial charge is 0.457 e. The minimum absolute atomic E-state index is 0.118. The molecule has 1 fully saturated rings. The summed E-state index contributed by atoms with van der Waals surface area (Å²) in [5.74, 6) is -1.11. The lowest BCUT2D eigenvalue weighted by molar-refractivity contribution is -0.0461. The second kappa shape index (κ2) is 20.8. The Hall–Kier alpha value is -4.04. The molecule has 2 aromatic rings. The number of esters is 2. The second-order valence-corrected chi connectivity index (χ2v) is 16.3. The van der Waals surface area contributed by atoms with Crippen molar-refractivity contribution in [1.82, 2.24) is 9.97 Å². The van der Waals surface area contributed by atoms with Crippen molar-refractivity contribution >= 4 is 40.7 Å². The molecule has 0 aromatic carbocycles. The fraction of sp³-hybridized carbons (Fsp3) is 0.442. The number of hydrogen-bond donors (Lipinski definition) is 2. The first-order valence-corrected chi connectivity index (χ1v) is 20.2. The first-order valence-electron chi connectivity index (χ1n) is 18.4. The Labute approximate surface area is 333 Å². The van der Waals surface area contributed by atoms with E-state index in [2.05, 4.69) is 9.97 Å². The van der Waals surface area contributed by atoms with Gasteiger partial charge in [-0.3, -0.25) is 0 Å². The van der Waals surface area contributed by atoms with Crippen molar-refractivity contribution in [3.8, 4) is 0 Å². The Morgan fingerprint density at radius 2 is 1.33 bits per heavy atom. The molecule has 4 bridgehead atoms. The van der Waals surface area contributed by atoms with Crippen LogP contribution in [-0.2, 0) is 25.4 Å². The number of thiazole rings is 2. The summed E-state index contributed by atoms with van der Waals surface area (Å²) >= 11 is 2.68. The molecule has 0 amide bonds. The summed E-state index contributed by atoms with van der Waals surface area (Å²) < 4.78 is 23.5. The van der Waals surface area contributed by atoms with E-state index in [1.165, 1.54) is 22.7 Å². The fourth-order valence-electron chi connectivity index (χ4n) is 5.68. The Morgan fingerprint density at radius 3 is 1.96 bits per heavy atom. The predicted octanol–water partition coefficient (Wildman–Crippen LogP) is 8.19. The van der Waals surface area contributed by atoms with Crippen molar-refractivity contribution in [1.29, 1.82) is 0 Å². The first kappa shape index (κ1) is 43.7. The van der Waals surface area contributed by atoms with Crippen molar-refractivity contribution in [2.75, 3.05) is 7.11 Å². The minimum atomic E-state index is -0.846. The van der Waals surface area contributed by atoms with Gasteiger partial charge in [0.1, 0.15) is 29.4 Å². The van der Waals surface area contributed by atoms with E-state index >= 15 is 0 Å². The van der Waals surface area contributed by atoms with E-state index in [-0.39, 0.29) is 29.7 Å². The number of ether oxygens (including phenoxy) is 4. The number of aliphatic hydroxyl groups is 2. The highest BCUT2D eigenvalue weighted by atomic mass is 32.1. The summed E-state index contributed by atoms with van der Waals surface area (Å²) in [6.45, 7) is 11.1. The summed E-state index contributed by atoms with van der Waals surface area (Å²) in [5.41, 5.74) is -1.18. The molecule has 0 aliphatic carbocycles. The number of methoxy groups -OCH3 is 1. The Bertz CT molecular complexity index is 1810. The maximum absolute atomic E-state index is 13.4. The third-order valence-corrected chi connectivity index (χ3v) is 11.3. The Kier molecular flexibility index (Phi) is 16.5. The van der Waals surface area contributed by atoms with Crippen LogP contribution in [0, 0.1) is 10.8 Å². The zero-order valence-corrected chi connectivity index (χ0v) is 34.2. The van der Waals surface area contributed by atoms with E-state index in [0.717, 1.165) is 0 Å². The van der Waals surface area contributed by atoms with Crippen LogP contribution in [0.2, 0.25) is 0 Å². The number of nitrogens with zero attached hydrogens (tertiary/aromatic N) is 2. The number of fused-ring (bicyclic) bond motifs is 5. The van der Waals surface area contributed by atoms with Crippen molar-refractivity contribution in [3.63, 3.8) is 0 Å². The van der Waals surface area contributed by atoms with E-state index in [1.807, 2.05) is 114 Å². The number of epoxide rings is 1. The van der Waals surface area contributed by atoms with Crippen LogP contribution >= 0.6 is 22.7 Å². The summed E-state index contributed by atoms with van der Waals surface area (Å²) in [4.78, 5) is 35.7. The smallest absolute Gasteiger partial charge is 0.358 e. The molecule has 2 aromatic heterocycles. The first-order chi connectivity index (χ1) is 26.3. The van der Waals surface area contributed by atoms with Gasteiger partial charge in [0.15, 0.2) is 11.4 Å². The van der Waals surface area contributed by atoms with Gasteiger partial charge >= 0.3 is 11.9 Å². The van der Waals surface area contributed by atoms with Gasteiger partial charge < -0.3 is 29.2 Å². The number of hydrogen-bond acceptors (Lipinski definition) is 12. The molecule has 0 saturated carbocycles. The van der Waals surface area contributed by atoms with E-state index in [1.54, 1.807) is 42.2 Å². The van der Waals surface area contributed by atoms with Crippen LogP contribution in [0.1, 0.15) is 85.4 Å². The molecule has 1 saturated heterocycles. The van der Waals surface area contributed by atoms with Crippen molar-refractivity contribution in [3.05, 3.63) is 123 Å². The molecule has 0 unspecified atom stereocenters. The molecule has 55 heavy (non-hydrogen) atoms. The standard InChI is InChI=1S/C43H54N2O8S2/c1-8-18-34(46)42(3,4)36-23-14-12-10-11-13-20-29(50-7)26-39-45-31(28-55-39)41(49)53-37(43(5,6)35(47)19-9-2)24-17-22-33-32(51-33)21-15-16-25-38-44-30(27-54-38)40(48)52-36/h8-22,25,27-29,32-37,46-47H,23-24,26H2,1-7H3/b11-10-,14-12-,18-8+,19-9+,20-13+,21-15+,22-17-,25-16-/t29-,32-,33+,34-,35-,36-,37-/m0/s1. The highest BCUT2D eigenvalue weighted by Crippen LogP contribution is 2.34. The van der Waals surface area contributed by atoms with E-state index in [4.69, 9.17) is 18.9 Å². The third-order valence-electron chi connectivity index (χ3n) is 9.64. The third kappa shape index (κ3) is 12.7. The van der Waals surface area contributed by atoms with Crippen LogP contribution in [0.15, 0.2) is 102 Å². The average molecular weight is 791 g/mol. The Balaban J connectivity index is 1.58. The maximum atomic E-state index is 13.4. The molecule has 296 valence electrons. The van der Waals surface area contributed by atoms with E-state index < -0.39 is 47.2 Å². The van der Waals surface area contributed by atoms with Gasteiger partial charge in [-0.05, 0) is 19.9 Å². The van der Waals surface area contributed by atoms with Gasteiger partial charge in [-0.25, -0.2) is 19.6 Å². The van der Waals surface area contributed by atoms with Gasteiger partial charge in [-0.1, -0.05) is 119 Å². The molecule has 0 spiro atoms. The number of rotatable bonds is 7. The zero-order chi connectivity index (χ0) is 40.0. The van der Waals surface area contributed by atoms with Gasteiger partial charge in [0.25, 0.3) is 0 Å². The summed E-state index contributed by atoms with van der Waals surface area (Å²) in [7, 11) is 1.61. The zero-order valence-electron chi connectivity index (χ0n) is 32.6. The molecule has 7 atom stereocenters. The monoisotopic (exact) mass is 790 g/mol. The quantitative estimate of drug-likeness (QED) is 0.160. The highest BCUT2D eigenvalue weighted by Gasteiger charge is 2.40. The van der Waals surface area contributed by atoms with Gasteiger partial charge in [0.05, 0.1) is 23.3 Å². The summed E-state index contributed by atoms with van der Waals surface area (Å²) in [6.07, 6.45) is 27.1. The molecule has 0 radical (unpaired) electrons. The fourth-order valence-corrected chi connectivity index (χ4v) is 7.17. The van der Waals surface area contributed by atoms with E-state index in [0.29, 0.717) is 29.3 Å². The lowest BCUT2D eigenvalue weighted by atomic mass is 9.79. The number of aliphatic hydroxyl groups excluding tert-OH is 2. The summed E-state index contributed by atoms with van der Waals surface area (Å²) in [5, 5.41) is 26.5. The van der Waals surface area contributed by atoms with Gasteiger partial charge in [-0.2, -0.15) is 0 Å². The highest BCUT2D eigenvalue weighted by molar-refractivity contribution is 7.10. The lowest BCUT2D eigenvalue weighted by Crippen LogP contribution is -2.42. The van der Waals surface area contributed by atoms with Gasteiger partial charge in [0.2, 0.25) is 0 Å². The van der Waals surface area contributed by atoms with Crippen molar-refractivity contribution in [2.24, 2.45) is 10.8 Å². The van der Waals surface area contributed by atoms with Gasteiger partial charge in [0, 0.05) is 48.0 Å². The van der Waals surface area contributed by atoms with Crippen molar-refractivity contribution in [2.45, 2.75) is 104 Å². The topological polar surface area (TPSA) is 141 Å². The number of allylic oxidation sites excluding steroid dienone is 8. The minimum Gasteiger partial charge on any atom is -0.457 e. The van der Waals surface area contributed by atoms with Crippen LogP contribution in [-0.4, -0.2) is 82.0 Å². The predicted molar refractivity (Wildman–Crippen MR) is 219 cm³/mol. The van der Waals surface area contributed by atoms with Crippen LogP contribution in [0.5, 0.6) is 0 Å². The molecule has 12 heteroatoms. The Morgan fingerprint density at radius 1 is 0.764 bits per heavy atom. The SMILES string of the molecule is C/C=C/[C@H](O)C(C)(C)[C@@H]1C\C=C/C=C\C=C\[C@H](OC)Cc2nc(cs2)C(=O)O[C@H](C(C)(C)[C@@H](O)/C=C/C)C/C=C\[C@H]2O[C@H]2/C=C/C=C\c2nc(cs2)C(=O)O1. The van der Waals surface area contributed by atoms with Crippen LogP contribution in [0.25, 0.3) is 6.08 Å². The normalized spacial score (nSPS) is 28.3. The van der Waals surface area contributed by atoms with Crippen molar-refractivity contribution < 1.29 is 38.7 Å². The van der Waals surface area contributed by atoms with Crippen LogP contribution < -0.4 is 0 Å². The van der Waals surface area contributed by atoms with E-state index in [9.17, 15) is 19.8 Å². The van der Waals surface area contributed by atoms with Crippen LogP contribution in [0.3, 0.4) is 0 Å². The number of carbonyl (C=O) groups is 2. The molecule has 4 rings (SSSR count). The number of aromatic nitrogens is 2. The lowest BCUT2D eigenvalue weighted by Gasteiger charge is -2.36.